The van der Waals surface area contributed by atoms with Crippen molar-refractivity contribution in [3.05, 3.63) is 52.0 Å². The zero-order chi connectivity index (χ0) is 17.3. The van der Waals surface area contributed by atoms with Crippen molar-refractivity contribution in [2.24, 2.45) is 0 Å². The molecule has 0 spiro atoms. The van der Waals surface area contributed by atoms with Gasteiger partial charge < -0.3 is 10.1 Å². The molecular formula is C17H14Cl2N2O3. The lowest BCUT2D eigenvalue weighted by Crippen LogP contribution is -2.43. The number of nitrogens with one attached hydrogen (secondary N) is 1. The summed E-state index contributed by atoms with van der Waals surface area (Å²) in [7, 11) is 0. The number of hydrogen-bond donors (Lipinski definition) is 1. The van der Waals surface area contributed by atoms with Gasteiger partial charge in [-0.1, -0.05) is 29.3 Å². The van der Waals surface area contributed by atoms with E-state index in [4.69, 9.17) is 27.9 Å². The Hall–Kier alpha value is -2.24. The van der Waals surface area contributed by atoms with Crippen LogP contribution in [0, 0.1) is 6.92 Å². The molecule has 2 aromatic carbocycles. The van der Waals surface area contributed by atoms with Gasteiger partial charge in [0, 0.05) is 15.7 Å². The van der Waals surface area contributed by atoms with Crippen LogP contribution in [0.1, 0.15) is 5.56 Å². The molecule has 1 aliphatic rings. The van der Waals surface area contributed by atoms with E-state index >= 15 is 0 Å². The van der Waals surface area contributed by atoms with Gasteiger partial charge in [-0.2, -0.15) is 0 Å². The molecule has 0 unspecified atom stereocenters. The van der Waals surface area contributed by atoms with Crippen molar-refractivity contribution in [3.63, 3.8) is 0 Å². The normalized spacial score (nSPS) is 13.3. The number of hydrogen-bond acceptors (Lipinski definition) is 3. The van der Waals surface area contributed by atoms with E-state index in [9.17, 15) is 9.59 Å². The highest BCUT2D eigenvalue weighted by Crippen LogP contribution is 2.32. The SMILES string of the molecule is Cc1ccc2c(c1)N(CC(=O)Nc1cc(Cl)cc(Cl)c1)C(=O)CO2. The first kappa shape index (κ1) is 16.6. The van der Waals surface area contributed by atoms with E-state index in [2.05, 4.69) is 5.32 Å². The van der Waals surface area contributed by atoms with Crippen LogP contribution in [0.15, 0.2) is 36.4 Å². The number of nitrogens with zero attached hydrogens (tertiary/aromatic N) is 1. The predicted octanol–water partition coefficient (Wildman–Crippen LogP) is 3.67. The minimum Gasteiger partial charge on any atom is -0.482 e. The van der Waals surface area contributed by atoms with Gasteiger partial charge in [0.1, 0.15) is 12.3 Å². The van der Waals surface area contributed by atoms with Crippen LogP contribution in [-0.2, 0) is 9.59 Å². The largest absolute Gasteiger partial charge is 0.482 e. The molecule has 2 amide bonds. The summed E-state index contributed by atoms with van der Waals surface area (Å²) < 4.78 is 5.39. The van der Waals surface area contributed by atoms with Crippen molar-refractivity contribution in [1.82, 2.24) is 0 Å². The van der Waals surface area contributed by atoms with Crippen LogP contribution in [0.2, 0.25) is 10.0 Å². The average molecular weight is 365 g/mol. The first-order chi connectivity index (χ1) is 11.4. The number of amides is 2. The number of aryl methyl sites for hydroxylation is 1. The quantitative estimate of drug-likeness (QED) is 0.903. The second-order valence-electron chi connectivity index (χ2n) is 5.45. The highest BCUT2D eigenvalue weighted by Gasteiger charge is 2.27. The maximum absolute atomic E-state index is 12.3. The van der Waals surface area contributed by atoms with E-state index in [-0.39, 0.29) is 25.0 Å². The van der Waals surface area contributed by atoms with Crippen LogP contribution >= 0.6 is 23.2 Å². The number of benzene rings is 2. The maximum Gasteiger partial charge on any atom is 0.265 e. The maximum atomic E-state index is 12.3. The molecular weight excluding hydrogens is 351 g/mol. The summed E-state index contributed by atoms with van der Waals surface area (Å²) in [6, 6.07) is 10.2. The summed E-state index contributed by atoms with van der Waals surface area (Å²) in [6.07, 6.45) is 0. The molecule has 0 radical (unpaired) electrons. The smallest absolute Gasteiger partial charge is 0.265 e. The van der Waals surface area contributed by atoms with Crippen molar-refractivity contribution >= 4 is 46.4 Å². The third kappa shape index (κ3) is 3.63. The lowest BCUT2D eigenvalue weighted by atomic mass is 10.1. The third-order valence-electron chi connectivity index (χ3n) is 3.51. The molecule has 0 atom stereocenters. The zero-order valence-electron chi connectivity index (χ0n) is 12.8. The lowest BCUT2D eigenvalue weighted by molar-refractivity contribution is -0.123. The second-order valence-corrected chi connectivity index (χ2v) is 6.32. The average Bonchev–Trinajstić information content (AvgIpc) is 2.49. The molecule has 5 nitrogen and oxygen atoms in total. The Morgan fingerprint density at radius 1 is 1.21 bits per heavy atom. The van der Waals surface area contributed by atoms with Crippen LogP contribution in [0.4, 0.5) is 11.4 Å². The fourth-order valence-corrected chi connectivity index (χ4v) is 2.98. The van der Waals surface area contributed by atoms with Crippen LogP contribution in [0.5, 0.6) is 5.75 Å². The van der Waals surface area contributed by atoms with E-state index in [0.29, 0.717) is 27.2 Å². The van der Waals surface area contributed by atoms with Crippen LogP contribution in [0.25, 0.3) is 0 Å². The third-order valence-corrected chi connectivity index (χ3v) is 3.94. The molecule has 0 saturated carbocycles. The summed E-state index contributed by atoms with van der Waals surface area (Å²) >= 11 is 11.8. The standard InChI is InChI=1S/C17H14Cl2N2O3/c1-10-2-3-15-14(4-10)21(17(23)9-24-15)8-16(22)20-13-6-11(18)5-12(19)7-13/h2-7H,8-9H2,1H3,(H,20,22). The number of rotatable bonds is 3. The first-order valence-electron chi connectivity index (χ1n) is 7.22. The first-order valence-corrected chi connectivity index (χ1v) is 7.98. The number of fused-ring (bicyclic) bond motifs is 1. The molecule has 1 heterocycles. The Morgan fingerprint density at radius 3 is 2.62 bits per heavy atom. The van der Waals surface area contributed by atoms with Crippen molar-refractivity contribution in [3.8, 4) is 5.75 Å². The summed E-state index contributed by atoms with van der Waals surface area (Å²) in [4.78, 5) is 25.9. The van der Waals surface area contributed by atoms with Gasteiger partial charge in [0.05, 0.1) is 5.69 Å². The number of carbonyl (C=O) groups is 2. The molecule has 0 aliphatic carbocycles. The molecule has 7 heteroatoms. The molecule has 2 aromatic rings. The molecule has 0 aromatic heterocycles. The van der Waals surface area contributed by atoms with Gasteiger partial charge in [-0.15, -0.1) is 0 Å². The van der Waals surface area contributed by atoms with Gasteiger partial charge in [-0.3, -0.25) is 14.5 Å². The molecule has 1 aliphatic heterocycles. The fraction of sp³-hybridized carbons (Fsp3) is 0.176. The Kier molecular flexibility index (Phi) is 4.64. The van der Waals surface area contributed by atoms with Crippen molar-refractivity contribution in [2.45, 2.75) is 6.92 Å². The van der Waals surface area contributed by atoms with Gasteiger partial charge in [0.2, 0.25) is 5.91 Å². The van der Waals surface area contributed by atoms with E-state index in [1.807, 2.05) is 19.1 Å². The molecule has 0 fully saturated rings. The number of anilines is 2. The van der Waals surface area contributed by atoms with E-state index in [1.165, 1.54) is 4.90 Å². The zero-order valence-corrected chi connectivity index (χ0v) is 14.3. The van der Waals surface area contributed by atoms with Crippen LogP contribution in [-0.4, -0.2) is 25.0 Å². The van der Waals surface area contributed by atoms with Gasteiger partial charge in [0.15, 0.2) is 6.61 Å². The van der Waals surface area contributed by atoms with Gasteiger partial charge in [-0.25, -0.2) is 0 Å². The molecule has 124 valence electrons. The van der Waals surface area contributed by atoms with Crippen LogP contribution < -0.4 is 15.0 Å². The summed E-state index contributed by atoms with van der Waals surface area (Å²) in [5.41, 5.74) is 2.03. The Labute approximate surface area is 149 Å². The number of ether oxygens (including phenoxy) is 1. The van der Waals surface area contributed by atoms with E-state index in [0.717, 1.165) is 5.56 Å². The summed E-state index contributed by atoms with van der Waals surface area (Å²) in [5.74, 6) is -0.0396. The topological polar surface area (TPSA) is 58.6 Å². The molecule has 0 saturated heterocycles. The lowest BCUT2D eigenvalue weighted by Gasteiger charge is -2.29. The molecule has 0 bridgehead atoms. The van der Waals surface area contributed by atoms with E-state index < -0.39 is 0 Å². The van der Waals surface area contributed by atoms with Gasteiger partial charge in [-0.05, 0) is 42.8 Å². The monoisotopic (exact) mass is 364 g/mol. The molecule has 3 rings (SSSR count). The van der Waals surface area contributed by atoms with Crippen molar-refractivity contribution in [1.29, 1.82) is 0 Å². The number of carbonyl (C=O) groups excluding carboxylic acids is 2. The Morgan fingerprint density at radius 2 is 1.92 bits per heavy atom. The summed E-state index contributed by atoms with van der Waals surface area (Å²) in [6.45, 7) is 1.70. The van der Waals surface area contributed by atoms with Crippen molar-refractivity contribution < 1.29 is 14.3 Å². The van der Waals surface area contributed by atoms with Crippen molar-refractivity contribution in [2.75, 3.05) is 23.4 Å². The predicted molar refractivity (Wildman–Crippen MR) is 94.1 cm³/mol. The minimum absolute atomic E-state index is 0.0909. The number of halogens is 2. The Bertz CT molecular complexity index is 803. The minimum atomic E-state index is -0.351. The highest BCUT2D eigenvalue weighted by molar-refractivity contribution is 6.35. The van der Waals surface area contributed by atoms with Gasteiger partial charge >= 0.3 is 0 Å². The molecule has 1 N–H and O–H groups in total. The molecule has 24 heavy (non-hydrogen) atoms. The Balaban J connectivity index is 1.79. The fourth-order valence-electron chi connectivity index (χ4n) is 2.46. The summed E-state index contributed by atoms with van der Waals surface area (Å²) in [5, 5.41) is 3.53. The van der Waals surface area contributed by atoms with Crippen LogP contribution in [0.3, 0.4) is 0 Å². The van der Waals surface area contributed by atoms with Gasteiger partial charge in [0.25, 0.3) is 5.91 Å². The second kappa shape index (κ2) is 6.71. The van der Waals surface area contributed by atoms with E-state index in [1.54, 1.807) is 24.3 Å². The highest BCUT2D eigenvalue weighted by atomic mass is 35.5.